The molecule has 65 heavy (non-hydrogen) atoms. The predicted octanol–water partition coefficient (Wildman–Crippen LogP) is 1.36. The van der Waals surface area contributed by atoms with Gasteiger partial charge in [-0.1, -0.05) is 85.9 Å². The lowest BCUT2D eigenvalue weighted by molar-refractivity contribution is -0.158. The number of rotatable bonds is 12. The Morgan fingerprint density at radius 3 is 2.12 bits per heavy atom. The Balaban J connectivity index is 1.29. The van der Waals surface area contributed by atoms with Crippen molar-refractivity contribution in [3.05, 3.63) is 108 Å². The van der Waals surface area contributed by atoms with Gasteiger partial charge in [-0.3, -0.25) is 38.4 Å². The minimum Gasteiger partial charge on any atom is -0.510 e. The van der Waals surface area contributed by atoms with E-state index in [-0.39, 0.29) is 68.4 Å². The summed E-state index contributed by atoms with van der Waals surface area (Å²) in [6.07, 6.45) is 16.5. The van der Waals surface area contributed by atoms with Crippen LogP contribution in [0.2, 0.25) is 0 Å². The molecule has 0 bridgehead atoms. The van der Waals surface area contributed by atoms with Gasteiger partial charge in [0.05, 0.1) is 0 Å². The van der Waals surface area contributed by atoms with Crippen molar-refractivity contribution in [1.29, 1.82) is 0 Å². The van der Waals surface area contributed by atoms with E-state index in [2.05, 4.69) is 21.3 Å². The molecule has 7 amide bonds. The molecule has 1 aromatic rings. The first-order valence-corrected chi connectivity index (χ1v) is 21.7. The Morgan fingerprint density at radius 2 is 1.48 bits per heavy atom. The first-order valence-electron chi connectivity index (χ1n) is 21.7. The minimum absolute atomic E-state index is 0.0250. The molecule has 4 aliphatic rings. The minimum atomic E-state index is -1.49. The molecule has 3 saturated heterocycles. The van der Waals surface area contributed by atoms with Gasteiger partial charge < -0.3 is 45.8 Å². The maximum atomic E-state index is 14.4. The molecule has 1 aliphatic carbocycles. The van der Waals surface area contributed by atoms with E-state index < -0.39 is 90.2 Å². The molecule has 5 N–H and O–H groups in total. The van der Waals surface area contributed by atoms with Crippen LogP contribution in [0, 0.1) is 5.92 Å². The highest BCUT2D eigenvalue weighted by Gasteiger charge is 2.44. The van der Waals surface area contributed by atoms with Crippen LogP contribution in [0.1, 0.15) is 58.4 Å². The average molecular weight is 896 g/mol. The second-order valence-corrected chi connectivity index (χ2v) is 16.4. The molecule has 1 aromatic carbocycles. The number of nitrogens with one attached hydrogen (secondary N) is 4. The van der Waals surface area contributed by atoms with E-state index in [1.807, 2.05) is 6.92 Å². The van der Waals surface area contributed by atoms with E-state index in [1.54, 1.807) is 66.8 Å². The highest BCUT2D eigenvalue weighted by Crippen LogP contribution is 2.26. The molecule has 346 valence electrons. The number of amides is 7. The van der Waals surface area contributed by atoms with Gasteiger partial charge in [0.2, 0.25) is 41.4 Å². The summed E-state index contributed by atoms with van der Waals surface area (Å²) < 4.78 is 5.70. The topological polar surface area (TPSA) is 241 Å². The number of ether oxygens (including phenoxy) is 1. The number of aliphatic hydroxyl groups excluding tert-OH is 1. The monoisotopic (exact) mass is 895 g/mol. The highest BCUT2D eigenvalue weighted by molar-refractivity contribution is 6.03. The maximum Gasteiger partial charge on any atom is 0.328 e. The number of likely N-dealkylation sites (N-methyl/N-ethyl adjacent to an activating group) is 1. The van der Waals surface area contributed by atoms with Crippen LogP contribution in [-0.4, -0.2) is 136 Å². The fourth-order valence-corrected chi connectivity index (χ4v) is 7.85. The lowest BCUT2D eigenvalue weighted by Gasteiger charge is -2.34. The summed E-state index contributed by atoms with van der Waals surface area (Å²) in [5.74, 6) is -5.59. The van der Waals surface area contributed by atoms with Crippen molar-refractivity contribution < 1.29 is 53.0 Å². The molecule has 3 aliphatic heterocycles. The molecule has 7 atom stereocenters. The Morgan fingerprint density at radius 1 is 0.831 bits per heavy atom. The zero-order chi connectivity index (χ0) is 47.2. The van der Waals surface area contributed by atoms with Crippen LogP contribution >= 0.6 is 0 Å². The first-order chi connectivity index (χ1) is 31.0. The number of cyclic esters (lactones) is 1. The molecule has 0 radical (unpaired) electrons. The lowest BCUT2D eigenvalue weighted by atomic mass is 10.0. The van der Waals surface area contributed by atoms with E-state index >= 15 is 0 Å². The summed E-state index contributed by atoms with van der Waals surface area (Å²) in [7, 11) is 1.44. The second kappa shape index (κ2) is 23.0. The van der Waals surface area contributed by atoms with Crippen molar-refractivity contribution >= 4 is 53.1 Å². The predicted molar refractivity (Wildman–Crippen MR) is 237 cm³/mol. The molecule has 0 spiro atoms. The number of nitrogens with zero attached hydrogens (tertiary/aromatic N) is 3. The molecule has 3 heterocycles. The fourth-order valence-electron chi connectivity index (χ4n) is 7.85. The van der Waals surface area contributed by atoms with Crippen LogP contribution in [0.5, 0.6) is 0 Å². The van der Waals surface area contributed by atoms with E-state index in [0.717, 1.165) is 0 Å². The quantitative estimate of drug-likeness (QED) is 0.114. The third kappa shape index (κ3) is 13.2. The smallest absolute Gasteiger partial charge is 0.328 e. The van der Waals surface area contributed by atoms with Crippen molar-refractivity contribution in [2.24, 2.45) is 5.92 Å². The van der Waals surface area contributed by atoms with E-state index in [4.69, 9.17) is 4.74 Å². The number of carbonyl (C=O) groups excluding carboxylic acids is 9. The molecule has 0 aromatic heterocycles. The molecular weight excluding hydrogens is 839 g/mol. The molecule has 18 heteroatoms. The van der Waals surface area contributed by atoms with Gasteiger partial charge in [-0.15, -0.1) is 0 Å². The number of hydrogen-bond donors (Lipinski definition) is 5. The van der Waals surface area contributed by atoms with Gasteiger partial charge in [0.1, 0.15) is 54.3 Å². The summed E-state index contributed by atoms with van der Waals surface area (Å²) in [6, 6.07) is 2.15. The summed E-state index contributed by atoms with van der Waals surface area (Å²) in [5.41, 5.74) is 0.616. The SMILES string of the molecule is C[C@@H]1C[C@H]2C(=O)OCC(NC(=O)[C@H](Cc3ccccc3)NC(=O)C=CC=CC=CC=CC=CC(=O)NC3=C(O)CCC3=O)C(=O)N3CCC[C@H]3C(=O)N(C)[C@@H](C)C(=O)N[C@@H](C)C(=O)N2C1. The number of benzene rings is 1. The summed E-state index contributed by atoms with van der Waals surface area (Å²) >= 11 is 0. The standard InChI is InChI=1S/C47H57N7O11/c1-29-25-36-47(64)65-28-34(45(62)53-24-16-19-35(53)46(63)52(4)31(3)42(59)48-30(2)44(61)54(36)27-29)50-43(60)33(26-32-17-12-11-13-18-32)49-39(57)20-14-9-7-5-6-8-10-15-21-40(58)51-41-37(55)22-23-38(41)56/h5-15,17-18,20-21,29-31,33-36,55H,16,19,22-28H2,1-4H3,(H,48,59)(H,49,57)(H,50,60)(H,51,58)/t29-,30+,31+,33+,34?,35+,36+/m1/s1. The average Bonchev–Trinajstić information content (AvgIpc) is 4.02. The van der Waals surface area contributed by atoms with Gasteiger partial charge in [0.15, 0.2) is 5.78 Å². The normalized spacial score (nSPS) is 25.6. The fraction of sp³-hybridized carbons (Fsp3) is 0.426. The van der Waals surface area contributed by atoms with E-state index in [9.17, 15) is 48.3 Å². The molecule has 3 fully saturated rings. The van der Waals surface area contributed by atoms with Crippen LogP contribution in [-0.2, 0) is 54.3 Å². The number of esters is 1. The van der Waals surface area contributed by atoms with Crippen LogP contribution in [0.25, 0.3) is 0 Å². The van der Waals surface area contributed by atoms with Crippen molar-refractivity contribution in [3.8, 4) is 0 Å². The number of ketones is 1. The maximum absolute atomic E-state index is 14.4. The van der Waals surface area contributed by atoms with Crippen LogP contribution < -0.4 is 21.3 Å². The largest absolute Gasteiger partial charge is 0.510 e. The molecule has 0 saturated carbocycles. The Bertz CT molecular complexity index is 2200. The number of carbonyl (C=O) groups is 9. The molecule has 18 nitrogen and oxygen atoms in total. The lowest BCUT2D eigenvalue weighted by Crippen LogP contribution is -2.60. The molecular formula is C47H57N7O11. The zero-order valence-electron chi connectivity index (χ0n) is 36.9. The Hall–Kier alpha value is -7.11. The van der Waals surface area contributed by atoms with Gasteiger partial charge in [0, 0.05) is 51.6 Å². The Kier molecular flexibility index (Phi) is 17.3. The number of hydrogen-bond acceptors (Lipinski definition) is 11. The third-order valence-electron chi connectivity index (χ3n) is 11.5. The highest BCUT2D eigenvalue weighted by atomic mass is 16.5. The van der Waals surface area contributed by atoms with Gasteiger partial charge in [-0.25, -0.2) is 4.79 Å². The van der Waals surface area contributed by atoms with Gasteiger partial charge in [-0.2, -0.15) is 0 Å². The Labute approximate surface area is 377 Å². The summed E-state index contributed by atoms with van der Waals surface area (Å²) in [6.45, 7) is 4.65. The van der Waals surface area contributed by atoms with E-state index in [0.29, 0.717) is 12.0 Å². The number of allylic oxidation sites excluding steroid dienone is 10. The number of fused-ring (bicyclic) bond motifs is 2. The third-order valence-corrected chi connectivity index (χ3v) is 11.5. The van der Waals surface area contributed by atoms with Gasteiger partial charge in [0.25, 0.3) is 0 Å². The number of Topliss-reactive ketones (excluding diaryl/α,β-unsaturated/α-hetero) is 1. The van der Waals surface area contributed by atoms with Gasteiger partial charge >= 0.3 is 5.97 Å². The molecule has 5 rings (SSSR count). The number of aliphatic hydroxyl groups is 1. The first kappa shape index (κ1) is 48.9. The zero-order valence-corrected chi connectivity index (χ0v) is 36.9. The molecule has 1 unspecified atom stereocenters. The van der Waals surface area contributed by atoms with Crippen LogP contribution in [0.4, 0.5) is 0 Å². The van der Waals surface area contributed by atoms with Crippen molar-refractivity contribution in [2.45, 2.75) is 95.5 Å². The summed E-state index contributed by atoms with van der Waals surface area (Å²) in [5, 5.41) is 20.1. The van der Waals surface area contributed by atoms with Crippen molar-refractivity contribution in [3.63, 3.8) is 0 Å². The van der Waals surface area contributed by atoms with E-state index in [1.165, 1.54) is 59.9 Å². The van der Waals surface area contributed by atoms with Gasteiger partial charge in [-0.05, 0) is 44.6 Å². The van der Waals surface area contributed by atoms with Crippen molar-refractivity contribution in [1.82, 2.24) is 36.0 Å². The second-order valence-electron chi connectivity index (χ2n) is 16.4. The van der Waals surface area contributed by atoms with Crippen LogP contribution in [0.15, 0.2) is 103 Å². The summed E-state index contributed by atoms with van der Waals surface area (Å²) in [4.78, 5) is 124. The van der Waals surface area contributed by atoms with Crippen LogP contribution in [0.3, 0.4) is 0 Å². The van der Waals surface area contributed by atoms with Crippen molar-refractivity contribution in [2.75, 3.05) is 26.7 Å².